The average Bonchev–Trinajstić information content (AvgIpc) is 2.43. The molecule has 0 aromatic rings. The van der Waals surface area contributed by atoms with E-state index in [1.54, 1.807) is 0 Å². The van der Waals surface area contributed by atoms with Crippen molar-refractivity contribution in [3.63, 3.8) is 0 Å². The van der Waals surface area contributed by atoms with Gasteiger partial charge in [-0.15, -0.1) is 0 Å². The van der Waals surface area contributed by atoms with Crippen LogP contribution in [-0.2, 0) is 4.74 Å². The van der Waals surface area contributed by atoms with E-state index in [9.17, 15) is 5.11 Å². The van der Waals surface area contributed by atoms with Gasteiger partial charge in [-0.1, -0.05) is 5.11 Å². The van der Waals surface area contributed by atoms with Gasteiger partial charge in [0.15, 0.2) is 6.29 Å². The first-order valence-electron chi connectivity index (χ1n) is 3.85. The summed E-state index contributed by atoms with van der Waals surface area (Å²) in [6.45, 7) is -0.124. The van der Waals surface area contributed by atoms with Gasteiger partial charge in [-0.2, -0.15) is 0 Å². The van der Waals surface area contributed by atoms with Gasteiger partial charge in [0.05, 0.1) is 18.8 Å². The number of hydrogen-bond acceptors (Lipinski definition) is 5. The van der Waals surface area contributed by atoms with Crippen molar-refractivity contribution in [2.75, 3.05) is 6.54 Å². The molecule has 0 bridgehead atoms. The Balaban J connectivity index is 2.40. The second kappa shape index (κ2) is 4.40. The van der Waals surface area contributed by atoms with Crippen LogP contribution in [0.4, 0.5) is 0 Å². The van der Waals surface area contributed by atoms with Gasteiger partial charge in [0.2, 0.25) is 0 Å². The average molecular weight is 189 g/mol. The molecule has 1 rings (SSSR count). The number of azide groups is 1. The van der Waals surface area contributed by atoms with Gasteiger partial charge in [0, 0.05) is 11.3 Å². The van der Waals surface area contributed by atoms with Gasteiger partial charge in [-0.25, -0.2) is 0 Å². The molecule has 0 unspecified atom stereocenters. The number of hydrogen-bond donors (Lipinski definition) is 3. The Morgan fingerprint density at radius 1 is 1.62 bits per heavy atom. The lowest BCUT2D eigenvalue weighted by Crippen LogP contribution is -2.28. The lowest BCUT2D eigenvalue weighted by Gasteiger charge is -2.14. The molecule has 3 N–H and O–H groups in total. The summed E-state index contributed by atoms with van der Waals surface area (Å²) in [6.07, 6.45) is -3.75. The van der Waals surface area contributed by atoms with Gasteiger partial charge >= 0.3 is 0 Å². The van der Waals surface area contributed by atoms with E-state index >= 15 is 0 Å². The van der Waals surface area contributed by atoms with Crippen LogP contribution in [0.25, 0.3) is 10.4 Å². The van der Waals surface area contributed by atoms with Crippen LogP contribution in [0.15, 0.2) is 5.11 Å². The summed E-state index contributed by atoms with van der Waals surface area (Å²) in [4.78, 5) is 2.47. The Hall–Kier alpha value is -0.850. The largest absolute Gasteiger partial charge is 0.390 e. The highest BCUT2D eigenvalue weighted by Gasteiger charge is 2.36. The van der Waals surface area contributed by atoms with E-state index in [0.29, 0.717) is 0 Å². The third-order valence-electron chi connectivity index (χ3n) is 1.88. The molecule has 7 nitrogen and oxygen atoms in total. The first kappa shape index (κ1) is 10.2. The standard InChI is InChI=1S/C6H11N3O4/c7-9-8-2-4(11)5-1-3(10)6(12)13-5/h3-6,10-12H,1-2H2/t3-,4-,5-,6+/m1/s1. The van der Waals surface area contributed by atoms with Gasteiger partial charge in [-0.05, 0) is 5.53 Å². The van der Waals surface area contributed by atoms with Crippen molar-refractivity contribution in [3.8, 4) is 0 Å². The van der Waals surface area contributed by atoms with E-state index in [4.69, 9.17) is 20.5 Å². The number of rotatable bonds is 3. The molecule has 0 saturated carbocycles. The topological polar surface area (TPSA) is 119 Å². The van der Waals surface area contributed by atoms with Crippen LogP contribution in [0.3, 0.4) is 0 Å². The Morgan fingerprint density at radius 3 is 2.77 bits per heavy atom. The van der Waals surface area contributed by atoms with Crippen molar-refractivity contribution in [2.45, 2.75) is 31.0 Å². The summed E-state index contributed by atoms with van der Waals surface area (Å²) in [7, 11) is 0. The fourth-order valence-electron chi connectivity index (χ4n) is 1.17. The molecular weight excluding hydrogens is 178 g/mol. The Labute approximate surface area is 74.2 Å². The lowest BCUT2D eigenvalue weighted by molar-refractivity contribution is -0.143. The maximum absolute atomic E-state index is 9.30. The highest BCUT2D eigenvalue weighted by Crippen LogP contribution is 2.21. The van der Waals surface area contributed by atoms with Gasteiger partial charge in [-0.3, -0.25) is 0 Å². The summed E-state index contributed by atoms with van der Waals surface area (Å²) >= 11 is 0. The van der Waals surface area contributed by atoms with Crippen molar-refractivity contribution < 1.29 is 20.1 Å². The van der Waals surface area contributed by atoms with Gasteiger partial charge in [0.25, 0.3) is 0 Å². The monoisotopic (exact) mass is 189 g/mol. The maximum atomic E-state index is 9.30. The van der Waals surface area contributed by atoms with Gasteiger partial charge in [0.1, 0.15) is 6.10 Å². The second-order valence-electron chi connectivity index (χ2n) is 2.85. The van der Waals surface area contributed by atoms with Crippen molar-refractivity contribution >= 4 is 0 Å². The van der Waals surface area contributed by atoms with Crippen LogP contribution >= 0.6 is 0 Å². The summed E-state index contributed by atoms with van der Waals surface area (Å²) < 4.78 is 4.80. The van der Waals surface area contributed by atoms with Crippen LogP contribution < -0.4 is 0 Å². The number of aliphatic hydroxyl groups is 3. The molecule has 7 heteroatoms. The zero-order valence-electron chi connectivity index (χ0n) is 6.82. The van der Waals surface area contributed by atoms with E-state index in [2.05, 4.69) is 10.0 Å². The van der Waals surface area contributed by atoms with Crippen LogP contribution in [0.5, 0.6) is 0 Å². The van der Waals surface area contributed by atoms with Crippen molar-refractivity contribution in [1.82, 2.24) is 0 Å². The summed E-state index contributed by atoms with van der Waals surface area (Å²) in [5.41, 5.74) is 7.97. The molecule has 1 aliphatic rings. The number of ether oxygens (including phenoxy) is 1. The van der Waals surface area contributed by atoms with Crippen LogP contribution in [-0.4, -0.2) is 46.5 Å². The lowest BCUT2D eigenvalue weighted by atomic mass is 10.1. The minimum atomic E-state index is -1.26. The predicted molar refractivity (Wildman–Crippen MR) is 41.5 cm³/mol. The molecule has 74 valence electrons. The molecule has 0 aromatic heterocycles. The molecule has 4 atom stereocenters. The van der Waals surface area contributed by atoms with E-state index in [-0.39, 0.29) is 13.0 Å². The normalized spacial score (nSPS) is 35.5. The van der Waals surface area contributed by atoms with Crippen LogP contribution in [0.1, 0.15) is 6.42 Å². The fraction of sp³-hybridized carbons (Fsp3) is 1.00. The predicted octanol–water partition coefficient (Wildman–Crippen LogP) is -0.874. The summed E-state index contributed by atoms with van der Waals surface area (Å²) in [6, 6.07) is 0. The fourth-order valence-corrected chi connectivity index (χ4v) is 1.17. The molecule has 0 aliphatic carbocycles. The van der Waals surface area contributed by atoms with Gasteiger partial charge < -0.3 is 20.1 Å². The molecule has 13 heavy (non-hydrogen) atoms. The minimum Gasteiger partial charge on any atom is -0.390 e. The molecule has 1 saturated heterocycles. The molecule has 1 heterocycles. The molecule has 0 aromatic carbocycles. The molecular formula is C6H11N3O4. The van der Waals surface area contributed by atoms with E-state index in [1.165, 1.54) is 0 Å². The Kier molecular flexibility index (Phi) is 3.47. The molecule has 0 spiro atoms. The minimum absolute atomic E-state index is 0.124. The summed E-state index contributed by atoms with van der Waals surface area (Å²) in [5, 5.41) is 30.5. The van der Waals surface area contributed by atoms with Crippen molar-refractivity contribution in [3.05, 3.63) is 10.4 Å². The Morgan fingerprint density at radius 2 is 2.31 bits per heavy atom. The van der Waals surface area contributed by atoms with E-state index in [1.807, 2.05) is 0 Å². The third kappa shape index (κ3) is 2.55. The molecule has 0 radical (unpaired) electrons. The summed E-state index contributed by atoms with van der Waals surface area (Å²) in [5.74, 6) is 0. The van der Waals surface area contributed by atoms with Crippen molar-refractivity contribution in [1.29, 1.82) is 0 Å². The molecule has 1 aliphatic heterocycles. The maximum Gasteiger partial charge on any atom is 0.181 e. The third-order valence-corrected chi connectivity index (χ3v) is 1.88. The van der Waals surface area contributed by atoms with Crippen LogP contribution in [0.2, 0.25) is 0 Å². The highest BCUT2D eigenvalue weighted by atomic mass is 16.6. The molecule has 1 fully saturated rings. The zero-order chi connectivity index (χ0) is 9.84. The smallest absolute Gasteiger partial charge is 0.181 e. The van der Waals surface area contributed by atoms with E-state index < -0.39 is 24.6 Å². The Bertz CT molecular complexity index is 208. The quantitative estimate of drug-likeness (QED) is 0.303. The first-order chi connectivity index (χ1) is 6.15. The number of aliphatic hydroxyl groups excluding tert-OH is 3. The highest BCUT2D eigenvalue weighted by molar-refractivity contribution is 4.82. The number of nitrogens with zero attached hydrogens (tertiary/aromatic N) is 3. The molecule has 0 amide bonds. The van der Waals surface area contributed by atoms with Crippen molar-refractivity contribution in [2.24, 2.45) is 5.11 Å². The van der Waals surface area contributed by atoms with E-state index in [0.717, 1.165) is 0 Å². The zero-order valence-corrected chi connectivity index (χ0v) is 6.82. The first-order valence-corrected chi connectivity index (χ1v) is 3.85. The second-order valence-corrected chi connectivity index (χ2v) is 2.85. The SMILES string of the molecule is [N-]=[N+]=NC[C@@H](O)[C@H]1C[C@@H](O)[C@@H](O)O1. The van der Waals surface area contributed by atoms with Crippen LogP contribution in [0, 0.1) is 0 Å².